The lowest BCUT2D eigenvalue weighted by atomic mass is 10.1. The fourth-order valence-electron chi connectivity index (χ4n) is 2.84. The predicted molar refractivity (Wildman–Crippen MR) is 112 cm³/mol. The maximum Gasteiger partial charge on any atom is 0.237 e. The van der Waals surface area contributed by atoms with E-state index in [0.717, 1.165) is 30.2 Å². The Labute approximate surface area is 161 Å². The van der Waals surface area contributed by atoms with Crippen molar-refractivity contribution in [3.05, 3.63) is 83.6 Å². The Bertz CT molecular complexity index is 845. The van der Waals surface area contributed by atoms with Gasteiger partial charge in [-0.3, -0.25) is 0 Å². The zero-order chi connectivity index (χ0) is 19.1. The maximum absolute atomic E-state index is 5.44. The highest BCUT2D eigenvalue weighted by atomic mass is 16.5. The van der Waals surface area contributed by atoms with Gasteiger partial charge in [-0.15, -0.1) is 0 Å². The topological polar surface area (TPSA) is 46.2 Å². The number of hydrogen-bond acceptors (Lipinski definition) is 4. The molecule has 3 aromatic rings. The van der Waals surface area contributed by atoms with E-state index in [9.17, 15) is 0 Å². The van der Waals surface area contributed by atoms with Crippen LogP contribution >= 0.6 is 0 Å². The van der Waals surface area contributed by atoms with Gasteiger partial charge in [-0.1, -0.05) is 56.3 Å². The Morgan fingerprint density at radius 3 is 2.15 bits per heavy atom. The minimum atomic E-state index is 0.371. The summed E-state index contributed by atoms with van der Waals surface area (Å²) >= 11 is 0. The van der Waals surface area contributed by atoms with Crippen LogP contribution in [-0.2, 0) is 13.1 Å². The molecule has 0 amide bonds. The summed E-state index contributed by atoms with van der Waals surface area (Å²) in [4.78, 5) is 4.58. The molecule has 2 N–H and O–H groups in total. The van der Waals surface area contributed by atoms with E-state index in [4.69, 9.17) is 4.74 Å². The quantitative estimate of drug-likeness (QED) is 0.575. The molecule has 4 nitrogen and oxygen atoms in total. The van der Waals surface area contributed by atoms with Gasteiger partial charge in [-0.25, -0.2) is 4.98 Å². The number of benzene rings is 2. The van der Waals surface area contributed by atoms with E-state index in [2.05, 4.69) is 78.0 Å². The molecule has 27 heavy (non-hydrogen) atoms. The average molecular weight is 361 g/mol. The predicted octanol–water partition coefficient (Wildman–Crippen LogP) is 5.25. The lowest BCUT2D eigenvalue weighted by molar-refractivity contribution is 0.398. The molecule has 0 bridgehead atoms. The number of pyridine rings is 1. The fourth-order valence-corrected chi connectivity index (χ4v) is 2.84. The first-order valence-corrected chi connectivity index (χ1v) is 9.31. The maximum atomic E-state index is 5.44. The summed E-state index contributed by atoms with van der Waals surface area (Å²) in [6, 6.07) is 22.9. The standard InChI is InChI=1S/C23H27N3O/c1-17(2)21-13-14-22(23(26-21)27-3)25-20-11-9-19(10-12-20)16-24-15-18-7-5-4-6-8-18/h4-14,17,24-25H,15-16H2,1-3H3. The molecule has 0 spiro atoms. The highest BCUT2D eigenvalue weighted by Crippen LogP contribution is 2.28. The Kier molecular flexibility index (Phi) is 6.44. The Morgan fingerprint density at radius 2 is 1.52 bits per heavy atom. The third-order valence-corrected chi connectivity index (χ3v) is 4.40. The van der Waals surface area contributed by atoms with Gasteiger partial charge in [0, 0.05) is 24.5 Å². The molecular formula is C23H27N3O. The Balaban J connectivity index is 1.59. The van der Waals surface area contributed by atoms with Crippen LogP contribution in [0.5, 0.6) is 5.88 Å². The molecule has 0 saturated carbocycles. The number of methoxy groups -OCH3 is 1. The van der Waals surface area contributed by atoms with Crippen LogP contribution in [0.25, 0.3) is 0 Å². The molecule has 0 atom stereocenters. The molecule has 0 radical (unpaired) electrons. The second-order valence-corrected chi connectivity index (χ2v) is 6.86. The number of rotatable bonds is 8. The summed E-state index contributed by atoms with van der Waals surface area (Å²) in [7, 11) is 1.65. The second kappa shape index (κ2) is 9.19. The van der Waals surface area contributed by atoms with Gasteiger partial charge in [-0.05, 0) is 41.3 Å². The Morgan fingerprint density at radius 1 is 0.852 bits per heavy atom. The summed E-state index contributed by atoms with van der Waals surface area (Å²) in [6.45, 7) is 5.95. The van der Waals surface area contributed by atoms with Gasteiger partial charge in [0.2, 0.25) is 5.88 Å². The zero-order valence-corrected chi connectivity index (χ0v) is 16.2. The Hall–Kier alpha value is -2.85. The van der Waals surface area contributed by atoms with Crippen LogP contribution in [0.15, 0.2) is 66.7 Å². The van der Waals surface area contributed by atoms with Crippen molar-refractivity contribution in [2.75, 3.05) is 12.4 Å². The van der Waals surface area contributed by atoms with Crippen LogP contribution in [0.2, 0.25) is 0 Å². The normalized spacial score (nSPS) is 10.8. The van der Waals surface area contributed by atoms with Crippen molar-refractivity contribution in [2.24, 2.45) is 0 Å². The van der Waals surface area contributed by atoms with Crippen molar-refractivity contribution in [2.45, 2.75) is 32.9 Å². The first-order valence-electron chi connectivity index (χ1n) is 9.31. The van der Waals surface area contributed by atoms with Gasteiger partial charge in [0.15, 0.2) is 0 Å². The van der Waals surface area contributed by atoms with Crippen LogP contribution in [0, 0.1) is 0 Å². The molecule has 3 rings (SSSR count). The lowest BCUT2D eigenvalue weighted by Crippen LogP contribution is -2.12. The van der Waals surface area contributed by atoms with Crippen LogP contribution in [0.1, 0.15) is 36.6 Å². The van der Waals surface area contributed by atoms with Crippen LogP contribution in [0.4, 0.5) is 11.4 Å². The van der Waals surface area contributed by atoms with Crippen LogP contribution in [0.3, 0.4) is 0 Å². The number of anilines is 2. The minimum absolute atomic E-state index is 0.371. The van der Waals surface area contributed by atoms with Crippen molar-refractivity contribution < 1.29 is 4.74 Å². The highest BCUT2D eigenvalue weighted by molar-refractivity contribution is 5.64. The van der Waals surface area contributed by atoms with Gasteiger partial charge < -0.3 is 15.4 Å². The number of nitrogens with one attached hydrogen (secondary N) is 2. The van der Waals surface area contributed by atoms with Gasteiger partial charge in [0.05, 0.1) is 7.11 Å². The molecule has 2 aromatic carbocycles. The van der Waals surface area contributed by atoms with Crippen molar-refractivity contribution in [3.63, 3.8) is 0 Å². The van der Waals surface area contributed by atoms with E-state index >= 15 is 0 Å². The average Bonchev–Trinajstić information content (AvgIpc) is 2.70. The zero-order valence-electron chi connectivity index (χ0n) is 16.2. The number of aromatic nitrogens is 1. The highest BCUT2D eigenvalue weighted by Gasteiger charge is 2.09. The number of ether oxygens (including phenoxy) is 1. The first-order chi connectivity index (χ1) is 13.2. The molecule has 0 saturated heterocycles. The molecule has 0 aliphatic carbocycles. The van der Waals surface area contributed by atoms with E-state index in [1.165, 1.54) is 11.1 Å². The minimum Gasteiger partial charge on any atom is -0.480 e. The molecule has 0 fully saturated rings. The van der Waals surface area contributed by atoms with E-state index in [0.29, 0.717) is 11.8 Å². The summed E-state index contributed by atoms with van der Waals surface area (Å²) in [5.41, 5.74) is 5.45. The molecule has 0 aliphatic rings. The summed E-state index contributed by atoms with van der Waals surface area (Å²) in [6.07, 6.45) is 0. The van der Waals surface area contributed by atoms with Crippen LogP contribution in [-0.4, -0.2) is 12.1 Å². The molecule has 0 aliphatic heterocycles. The van der Waals surface area contributed by atoms with E-state index in [1.54, 1.807) is 7.11 Å². The van der Waals surface area contributed by atoms with Crippen molar-refractivity contribution in [3.8, 4) is 5.88 Å². The van der Waals surface area contributed by atoms with Crippen molar-refractivity contribution in [1.82, 2.24) is 10.3 Å². The van der Waals surface area contributed by atoms with E-state index < -0.39 is 0 Å². The fraction of sp³-hybridized carbons (Fsp3) is 0.261. The number of nitrogens with zero attached hydrogens (tertiary/aromatic N) is 1. The van der Waals surface area contributed by atoms with Crippen LogP contribution < -0.4 is 15.4 Å². The monoisotopic (exact) mass is 361 g/mol. The largest absolute Gasteiger partial charge is 0.480 e. The molecule has 1 aromatic heterocycles. The third-order valence-electron chi connectivity index (χ3n) is 4.40. The third kappa shape index (κ3) is 5.31. The SMILES string of the molecule is COc1nc(C(C)C)ccc1Nc1ccc(CNCc2ccccc2)cc1. The number of hydrogen-bond donors (Lipinski definition) is 2. The van der Waals surface area contributed by atoms with Gasteiger partial charge in [0.25, 0.3) is 0 Å². The molecule has 4 heteroatoms. The van der Waals surface area contributed by atoms with E-state index in [1.807, 2.05) is 18.2 Å². The second-order valence-electron chi connectivity index (χ2n) is 6.86. The summed E-state index contributed by atoms with van der Waals surface area (Å²) in [5, 5.41) is 6.86. The molecule has 140 valence electrons. The molecular weight excluding hydrogens is 334 g/mol. The van der Waals surface area contributed by atoms with Crippen molar-refractivity contribution in [1.29, 1.82) is 0 Å². The van der Waals surface area contributed by atoms with E-state index in [-0.39, 0.29) is 0 Å². The lowest BCUT2D eigenvalue weighted by Gasteiger charge is -2.13. The molecule has 1 heterocycles. The van der Waals surface area contributed by atoms with Crippen molar-refractivity contribution >= 4 is 11.4 Å². The molecule has 0 unspecified atom stereocenters. The summed E-state index contributed by atoms with van der Waals surface area (Å²) in [5.74, 6) is 0.991. The van der Waals surface area contributed by atoms with Gasteiger partial charge in [-0.2, -0.15) is 0 Å². The summed E-state index contributed by atoms with van der Waals surface area (Å²) < 4.78 is 5.44. The first kappa shape index (κ1) is 18.9. The van der Waals surface area contributed by atoms with Gasteiger partial charge >= 0.3 is 0 Å². The van der Waals surface area contributed by atoms with Gasteiger partial charge in [0.1, 0.15) is 5.69 Å². The smallest absolute Gasteiger partial charge is 0.237 e.